The van der Waals surface area contributed by atoms with Crippen LogP contribution in [-0.2, 0) is 11.3 Å². The SMILES string of the molecule is O=C(NCc1ccccc1Cl)C1CCC1. The second-order valence-electron chi connectivity index (χ2n) is 3.94. The van der Waals surface area contributed by atoms with Gasteiger partial charge in [0.25, 0.3) is 0 Å². The van der Waals surface area contributed by atoms with Crippen LogP contribution in [0, 0.1) is 5.92 Å². The first kappa shape index (κ1) is 10.5. The highest BCUT2D eigenvalue weighted by atomic mass is 35.5. The van der Waals surface area contributed by atoms with Crippen molar-refractivity contribution in [3.63, 3.8) is 0 Å². The predicted molar refractivity (Wildman–Crippen MR) is 60.6 cm³/mol. The van der Waals surface area contributed by atoms with E-state index in [1.807, 2.05) is 24.3 Å². The van der Waals surface area contributed by atoms with Crippen LogP contribution in [0.5, 0.6) is 0 Å². The lowest BCUT2D eigenvalue weighted by Crippen LogP contribution is -2.33. The Morgan fingerprint density at radius 1 is 1.40 bits per heavy atom. The predicted octanol–water partition coefficient (Wildman–Crippen LogP) is 2.76. The summed E-state index contributed by atoms with van der Waals surface area (Å²) in [7, 11) is 0. The van der Waals surface area contributed by atoms with E-state index in [-0.39, 0.29) is 11.8 Å². The van der Waals surface area contributed by atoms with Crippen LogP contribution in [0.2, 0.25) is 5.02 Å². The molecular weight excluding hydrogens is 210 g/mol. The van der Waals surface area contributed by atoms with Gasteiger partial charge in [-0.2, -0.15) is 0 Å². The van der Waals surface area contributed by atoms with Crippen molar-refractivity contribution >= 4 is 17.5 Å². The Bertz CT molecular complexity index is 360. The summed E-state index contributed by atoms with van der Waals surface area (Å²) in [5.41, 5.74) is 0.979. The summed E-state index contributed by atoms with van der Waals surface area (Å²) in [6, 6.07) is 7.59. The zero-order valence-corrected chi connectivity index (χ0v) is 9.26. The number of amides is 1. The second-order valence-corrected chi connectivity index (χ2v) is 4.34. The van der Waals surface area contributed by atoms with Crippen LogP contribution in [0.3, 0.4) is 0 Å². The zero-order valence-electron chi connectivity index (χ0n) is 8.50. The topological polar surface area (TPSA) is 29.1 Å². The molecule has 1 aromatic rings. The van der Waals surface area contributed by atoms with E-state index < -0.39 is 0 Å². The van der Waals surface area contributed by atoms with Crippen molar-refractivity contribution in [1.82, 2.24) is 5.32 Å². The smallest absolute Gasteiger partial charge is 0.223 e. The lowest BCUT2D eigenvalue weighted by molar-refractivity contribution is -0.127. The standard InChI is InChI=1S/C12H14ClNO/c13-11-7-2-1-4-10(11)8-14-12(15)9-5-3-6-9/h1-2,4,7,9H,3,5-6,8H2,(H,14,15). The fourth-order valence-electron chi connectivity index (χ4n) is 1.64. The second kappa shape index (κ2) is 4.67. The van der Waals surface area contributed by atoms with Gasteiger partial charge in [0.1, 0.15) is 0 Å². The highest BCUT2D eigenvalue weighted by Crippen LogP contribution is 2.26. The summed E-state index contributed by atoms with van der Waals surface area (Å²) >= 11 is 5.98. The molecule has 2 nitrogen and oxygen atoms in total. The maximum Gasteiger partial charge on any atom is 0.223 e. The Kier molecular flexibility index (Phi) is 3.27. The van der Waals surface area contributed by atoms with Crippen molar-refractivity contribution in [2.45, 2.75) is 25.8 Å². The lowest BCUT2D eigenvalue weighted by atomic mass is 9.85. The first-order chi connectivity index (χ1) is 7.27. The van der Waals surface area contributed by atoms with Gasteiger partial charge in [0.2, 0.25) is 5.91 Å². The summed E-state index contributed by atoms with van der Waals surface area (Å²) in [5.74, 6) is 0.411. The van der Waals surface area contributed by atoms with Gasteiger partial charge < -0.3 is 5.32 Å². The van der Waals surface area contributed by atoms with Crippen LogP contribution in [-0.4, -0.2) is 5.91 Å². The molecule has 1 aromatic carbocycles. The average Bonchev–Trinajstić information content (AvgIpc) is 2.14. The Labute approximate surface area is 94.6 Å². The van der Waals surface area contributed by atoms with Gasteiger partial charge in [-0.3, -0.25) is 4.79 Å². The van der Waals surface area contributed by atoms with E-state index in [9.17, 15) is 4.79 Å². The molecule has 0 bridgehead atoms. The van der Waals surface area contributed by atoms with E-state index in [2.05, 4.69) is 5.32 Å². The quantitative estimate of drug-likeness (QED) is 0.839. The largest absolute Gasteiger partial charge is 0.352 e. The number of hydrogen-bond donors (Lipinski definition) is 1. The minimum atomic E-state index is 0.168. The third-order valence-electron chi connectivity index (χ3n) is 2.89. The third kappa shape index (κ3) is 2.51. The number of benzene rings is 1. The summed E-state index contributed by atoms with van der Waals surface area (Å²) in [6.07, 6.45) is 3.26. The van der Waals surface area contributed by atoms with Gasteiger partial charge >= 0.3 is 0 Å². The van der Waals surface area contributed by atoms with Gasteiger partial charge in [-0.25, -0.2) is 0 Å². The maximum atomic E-state index is 11.6. The Hall–Kier alpha value is -1.02. The summed E-state index contributed by atoms with van der Waals surface area (Å²) in [6.45, 7) is 0.537. The van der Waals surface area contributed by atoms with Crippen LogP contribution >= 0.6 is 11.6 Å². The van der Waals surface area contributed by atoms with Crippen LogP contribution in [0.25, 0.3) is 0 Å². The maximum absolute atomic E-state index is 11.6. The number of nitrogens with one attached hydrogen (secondary N) is 1. The molecule has 15 heavy (non-hydrogen) atoms. The molecule has 1 saturated carbocycles. The molecule has 0 saturated heterocycles. The van der Waals surface area contributed by atoms with E-state index in [1.54, 1.807) is 0 Å². The monoisotopic (exact) mass is 223 g/mol. The van der Waals surface area contributed by atoms with Crippen LogP contribution in [0.15, 0.2) is 24.3 Å². The fraction of sp³-hybridized carbons (Fsp3) is 0.417. The minimum Gasteiger partial charge on any atom is -0.352 e. The molecule has 1 amide bonds. The molecule has 1 aliphatic rings. The molecule has 1 fully saturated rings. The summed E-state index contributed by atoms with van der Waals surface area (Å²) in [4.78, 5) is 11.6. The molecule has 0 aromatic heterocycles. The minimum absolute atomic E-state index is 0.168. The van der Waals surface area contributed by atoms with Gasteiger partial charge in [0.15, 0.2) is 0 Å². The van der Waals surface area contributed by atoms with Gasteiger partial charge in [-0.1, -0.05) is 36.2 Å². The van der Waals surface area contributed by atoms with Gasteiger partial charge in [0.05, 0.1) is 0 Å². The van der Waals surface area contributed by atoms with Gasteiger partial charge in [0, 0.05) is 17.5 Å². The van der Waals surface area contributed by atoms with Gasteiger partial charge in [-0.15, -0.1) is 0 Å². The van der Waals surface area contributed by atoms with Crippen molar-refractivity contribution in [1.29, 1.82) is 0 Å². The molecule has 0 radical (unpaired) electrons. The molecular formula is C12H14ClNO. The molecule has 0 spiro atoms. The Balaban J connectivity index is 1.87. The van der Waals surface area contributed by atoms with E-state index in [4.69, 9.17) is 11.6 Å². The molecule has 0 aliphatic heterocycles. The number of carbonyl (C=O) groups is 1. The summed E-state index contributed by atoms with van der Waals surface area (Å²) < 4.78 is 0. The average molecular weight is 224 g/mol. The number of hydrogen-bond acceptors (Lipinski definition) is 1. The van der Waals surface area contributed by atoms with Crippen molar-refractivity contribution in [3.05, 3.63) is 34.9 Å². The van der Waals surface area contributed by atoms with Crippen LogP contribution in [0.1, 0.15) is 24.8 Å². The zero-order chi connectivity index (χ0) is 10.7. The molecule has 1 N–H and O–H groups in total. The van der Waals surface area contributed by atoms with E-state index >= 15 is 0 Å². The first-order valence-electron chi connectivity index (χ1n) is 5.28. The number of rotatable bonds is 3. The highest BCUT2D eigenvalue weighted by molar-refractivity contribution is 6.31. The number of carbonyl (C=O) groups excluding carboxylic acids is 1. The third-order valence-corrected chi connectivity index (χ3v) is 3.26. The van der Waals surface area contributed by atoms with E-state index in [0.29, 0.717) is 11.6 Å². The molecule has 0 unspecified atom stereocenters. The normalized spacial score (nSPS) is 15.8. The highest BCUT2D eigenvalue weighted by Gasteiger charge is 2.24. The molecule has 0 heterocycles. The van der Waals surface area contributed by atoms with Crippen LogP contribution in [0.4, 0.5) is 0 Å². The molecule has 1 aliphatic carbocycles. The van der Waals surface area contributed by atoms with Crippen molar-refractivity contribution < 1.29 is 4.79 Å². The molecule has 3 heteroatoms. The van der Waals surface area contributed by atoms with Crippen molar-refractivity contribution in [2.75, 3.05) is 0 Å². The van der Waals surface area contributed by atoms with E-state index in [0.717, 1.165) is 18.4 Å². The Morgan fingerprint density at radius 2 is 2.13 bits per heavy atom. The summed E-state index contributed by atoms with van der Waals surface area (Å²) in [5, 5.41) is 3.63. The lowest BCUT2D eigenvalue weighted by Gasteiger charge is -2.24. The van der Waals surface area contributed by atoms with E-state index in [1.165, 1.54) is 6.42 Å². The molecule has 80 valence electrons. The number of halogens is 1. The van der Waals surface area contributed by atoms with Gasteiger partial charge in [-0.05, 0) is 24.5 Å². The molecule has 2 rings (SSSR count). The Morgan fingerprint density at radius 3 is 2.73 bits per heavy atom. The molecule has 0 atom stereocenters. The fourth-order valence-corrected chi connectivity index (χ4v) is 1.84. The van der Waals surface area contributed by atoms with Crippen molar-refractivity contribution in [3.8, 4) is 0 Å². The van der Waals surface area contributed by atoms with Crippen molar-refractivity contribution in [2.24, 2.45) is 5.92 Å². The van der Waals surface area contributed by atoms with Crippen LogP contribution < -0.4 is 5.32 Å². The first-order valence-corrected chi connectivity index (χ1v) is 5.66.